The Morgan fingerprint density at radius 1 is 1.10 bits per heavy atom. The van der Waals surface area contributed by atoms with Crippen molar-refractivity contribution in [3.05, 3.63) is 72.4 Å². The number of pyridine rings is 1. The van der Waals surface area contributed by atoms with Gasteiger partial charge in [0.05, 0.1) is 0 Å². The fraction of sp³-hybridized carbons (Fsp3) is 0.364. The van der Waals surface area contributed by atoms with Crippen molar-refractivity contribution in [3.63, 3.8) is 0 Å². The van der Waals surface area contributed by atoms with E-state index in [0.717, 1.165) is 32.5 Å². The fourth-order valence-corrected chi connectivity index (χ4v) is 4.67. The van der Waals surface area contributed by atoms with Crippen molar-refractivity contribution in [3.8, 4) is 5.82 Å². The Kier molecular flexibility index (Phi) is 5.25. The molecule has 2 aliphatic rings. The Labute approximate surface area is 175 Å². The molecule has 4 heterocycles. The molecule has 2 N–H and O–H groups in total. The number of likely N-dealkylation sites (tertiary alicyclic amines) is 1. The third-order valence-electron chi connectivity index (χ3n) is 6.18. The summed E-state index contributed by atoms with van der Waals surface area (Å²) in [4.78, 5) is 19.6. The molecule has 5 rings (SSSR count). The summed E-state index contributed by atoms with van der Waals surface area (Å²) >= 11 is 0. The molecule has 8 nitrogen and oxygen atoms in total. The lowest BCUT2D eigenvalue weighted by atomic mass is 9.81. The van der Waals surface area contributed by atoms with Crippen LogP contribution in [0.3, 0.4) is 0 Å². The van der Waals surface area contributed by atoms with Gasteiger partial charge in [-0.2, -0.15) is 0 Å². The van der Waals surface area contributed by atoms with Gasteiger partial charge in [-0.15, -0.1) is 10.2 Å². The lowest BCUT2D eigenvalue weighted by Gasteiger charge is -2.37. The number of nitrogens with one attached hydrogen (secondary N) is 2. The summed E-state index contributed by atoms with van der Waals surface area (Å²) in [5.41, 5.74) is 8.82. The molecular formula is C22H25N7O. The normalized spacial score (nSPS) is 24.1. The van der Waals surface area contributed by atoms with E-state index >= 15 is 0 Å². The molecule has 30 heavy (non-hydrogen) atoms. The van der Waals surface area contributed by atoms with Crippen molar-refractivity contribution in [2.45, 2.75) is 24.8 Å². The second kappa shape index (κ2) is 8.33. The maximum Gasteiger partial charge on any atom is 0.254 e. The summed E-state index contributed by atoms with van der Waals surface area (Å²) in [6.45, 7) is 2.45. The number of rotatable bonds is 4. The highest BCUT2D eigenvalue weighted by molar-refractivity contribution is 5.94. The SMILES string of the molecule is O=C(c1ccnc(-n2cnnc2)c1)N1CCCC(C2NNCC2c2ccccc2)C1. The second-order valence-corrected chi connectivity index (χ2v) is 7.99. The standard InChI is InChI=1S/C22H25N7O/c30-22(17-8-9-23-20(11-17)29-14-25-26-15-29)28-10-4-7-18(13-28)21-19(12-24-27-21)16-5-2-1-3-6-16/h1-3,5-6,8-9,11,14-15,18-19,21,24,27H,4,7,10,12-13H2. The molecule has 2 aliphatic heterocycles. The molecule has 8 heteroatoms. The Bertz CT molecular complexity index is 992. The van der Waals surface area contributed by atoms with Gasteiger partial charge in [0.25, 0.3) is 5.91 Å². The first kappa shape index (κ1) is 18.9. The van der Waals surface area contributed by atoms with Gasteiger partial charge >= 0.3 is 0 Å². The van der Waals surface area contributed by atoms with Gasteiger partial charge in [0.15, 0.2) is 0 Å². The van der Waals surface area contributed by atoms with E-state index in [1.165, 1.54) is 5.56 Å². The first-order valence-corrected chi connectivity index (χ1v) is 10.4. The van der Waals surface area contributed by atoms with E-state index in [9.17, 15) is 4.79 Å². The van der Waals surface area contributed by atoms with Crippen LogP contribution in [-0.4, -0.2) is 56.2 Å². The summed E-state index contributed by atoms with van der Waals surface area (Å²) in [5, 5.41) is 7.63. The summed E-state index contributed by atoms with van der Waals surface area (Å²) in [6.07, 6.45) is 6.96. The van der Waals surface area contributed by atoms with E-state index in [0.29, 0.717) is 29.3 Å². The minimum atomic E-state index is 0.0543. The van der Waals surface area contributed by atoms with Crippen molar-refractivity contribution in [2.24, 2.45) is 5.92 Å². The smallest absolute Gasteiger partial charge is 0.254 e. The molecule has 2 fully saturated rings. The monoisotopic (exact) mass is 403 g/mol. The summed E-state index contributed by atoms with van der Waals surface area (Å²) < 4.78 is 1.70. The van der Waals surface area contributed by atoms with Gasteiger partial charge in [0.1, 0.15) is 18.5 Å². The Morgan fingerprint density at radius 2 is 1.93 bits per heavy atom. The van der Waals surface area contributed by atoms with Crippen LogP contribution >= 0.6 is 0 Å². The highest BCUT2D eigenvalue weighted by Gasteiger charge is 2.37. The van der Waals surface area contributed by atoms with Crippen LogP contribution in [0.1, 0.15) is 34.7 Å². The maximum absolute atomic E-state index is 13.3. The van der Waals surface area contributed by atoms with Gasteiger partial charge in [0, 0.05) is 43.4 Å². The number of hydrogen-bond donors (Lipinski definition) is 2. The fourth-order valence-electron chi connectivity index (χ4n) is 4.67. The Hall–Kier alpha value is -3.10. The minimum absolute atomic E-state index is 0.0543. The molecule has 3 atom stereocenters. The lowest BCUT2D eigenvalue weighted by Crippen LogP contribution is -2.48. The molecule has 0 saturated carbocycles. The molecule has 3 unspecified atom stereocenters. The summed E-state index contributed by atoms with van der Waals surface area (Å²) in [5.74, 6) is 1.51. The molecule has 1 aromatic carbocycles. The molecular weight excluding hydrogens is 378 g/mol. The average Bonchev–Trinajstić information content (AvgIpc) is 3.52. The highest BCUT2D eigenvalue weighted by Crippen LogP contribution is 2.32. The summed E-state index contributed by atoms with van der Waals surface area (Å²) in [6, 6.07) is 14.5. The molecule has 1 amide bonds. The molecule has 0 radical (unpaired) electrons. The van der Waals surface area contributed by atoms with Crippen molar-refractivity contribution in [1.29, 1.82) is 0 Å². The third-order valence-corrected chi connectivity index (χ3v) is 6.18. The quantitative estimate of drug-likeness (QED) is 0.690. The van der Waals surface area contributed by atoms with Gasteiger partial charge < -0.3 is 4.90 Å². The number of nitrogens with zero attached hydrogens (tertiary/aromatic N) is 5. The number of amides is 1. The van der Waals surface area contributed by atoms with Gasteiger partial charge in [-0.25, -0.2) is 4.98 Å². The largest absolute Gasteiger partial charge is 0.338 e. The molecule has 154 valence electrons. The number of carbonyl (C=O) groups excluding carboxylic acids is 1. The number of hydrogen-bond acceptors (Lipinski definition) is 6. The molecule has 3 aromatic rings. The van der Waals surface area contributed by atoms with Crippen LogP contribution in [0, 0.1) is 5.92 Å². The average molecular weight is 403 g/mol. The molecule has 2 aromatic heterocycles. The number of piperidine rings is 1. The van der Waals surface area contributed by atoms with E-state index in [2.05, 4.69) is 56.4 Å². The van der Waals surface area contributed by atoms with E-state index in [4.69, 9.17) is 0 Å². The predicted octanol–water partition coefficient (Wildman–Crippen LogP) is 1.77. The Morgan fingerprint density at radius 3 is 2.77 bits per heavy atom. The van der Waals surface area contributed by atoms with Gasteiger partial charge in [-0.1, -0.05) is 30.3 Å². The van der Waals surface area contributed by atoms with Crippen molar-refractivity contribution < 1.29 is 4.79 Å². The number of hydrazine groups is 1. The predicted molar refractivity (Wildman–Crippen MR) is 112 cm³/mol. The van der Waals surface area contributed by atoms with Crippen LogP contribution < -0.4 is 10.9 Å². The third kappa shape index (κ3) is 3.71. The molecule has 0 spiro atoms. The zero-order valence-electron chi connectivity index (χ0n) is 16.7. The number of benzene rings is 1. The van der Waals surface area contributed by atoms with Crippen LogP contribution in [0.25, 0.3) is 5.82 Å². The minimum Gasteiger partial charge on any atom is -0.338 e. The zero-order valence-corrected chi connectivity index (χ0v) is 16.7. The highest BCUT2D eigenvalue weighted by atomic mass is 16.2. The Balaban J connectivity index is 1.32. The van der Waals surface area contributed by atoms with E-state index in [-0.39, 0.29) is 5.91 Å². The number of aromatic nitrogens is 4. The number of carbonyl (C=O) groups is 1. The van der Waals surface area contributed by atoms with Crippen molar-refractivity contribution in [1.82, 2.24) is 35.5 Å². The van der Waals surface area contributed by atoms with Crippen LogP contribution in [-0.2, 0) is 0 Å². The first-order valence-electron chi connectivity index (χ1n) is 10.4. The van der Waals surface area contributed by atoms with E-state index in [1.54, 1.807) is 35.6 Å². The molecule has 2 saturated heterocycles. The van der Waals surface area contributed by atoms with Crippen LogP contribution in [0.5, 0.6) is 0 Å². The summed E-state index contributed by atoms with van der Waals surface area (Å²) in [7, 11) is 0. The van der Waals surface area contributed by atoms with Crippen LogP contribution in [0.2, 0.25) is 0 Å². The van der Waals surface area contributed by atoms with Gasteiger partial charge in [-0.3, -0.25) is 20.2 Å². The van der Waals surface area contributed by atoms with E-state index < -0.39 is 0 Å². The second-order valence-electron chi connectivity index (χ2n) is 7.99. The maximum atomic E-state index is 13.3. The van der Waals surface area contributed by atoms with Crippen molar-refractivity contribution >= 4 is 5.91 Å². The van der Waals surface area contributed by atoms with Crippen molar-refractivity contribution in [2.75, 3.05) is 19.6 Å². The van der Waals surface area contributed by atoms with Gasteiger partial charge in [-0.05, 0) is 36.5 Å². The van der Waals surface area contributed by atoms with Gasteiger partial charge in [0.2, 0.25) is 0 Å². The molecule has 0 bridgehead atoms. The topological polar surface area (TPSA) is 88.0 Å². The lowest BCUT2D eigenvalue weighted by molar-refractivity contribution is 0.0644. The molecule has 0 aliphatic carbocycles. The van der Waals surface area contributed by atoms with Crippen LogP contribution in [0.15, 0.2) is 61.3 Å². The van der Waals surface area contributed by atoms with Crippen LogP contribution in [0.4, 0.5) is 0 Å². The first-order chi connectivity index (χ1) is 14.8. The van der Waals surface area contributed by atoms with E-state index in [1.807, 2.05) is 4.90 Å². The zero-order chi connectivity index (χ0) is 20.3.